The van der Waals surface area contributed by atoms with Crippen molar-refractivity contribution in [3.63, 3.8) is 0 Å². The maximum Gasteiger partial charge on any atom is 0.206 e. The first kappa shape index (κ1) is 10.2. The van der Waals surface area contributed by atoms with E-state index in [4.69, 9.17) is 0 Å². The van der Waals surface area contributed by atoms with Gasteiger partial charge in [-0.15, -0.1) is 11.3 Å². The fourth-order valence-corrected chi connectivity index (χ4v) is 2.56. The highest BCUT2D eigenvalue weighted by molar-refractivity contribution is 7.12. The predicted octanol–water partition coefficient (Wildman–Crippen LogP) is 2.87. The van der Waals surface area contributed by atoms with Crippen LogP contribution in [0.2, 0.25) is 0 Å². The normalized spacial score (nSPS) is 10.9. The molecule has 0 bridgehead atoms. The van der Waals surface area contributed by atoms with Gasteiger partial charge in [-0.2, -0.15) is 0 Å². The van der Waals surface area contributed by atoms with Crippen molar-refractivity contribution in [2.24, 2.45) is 7.05 Å². The number of thiazole rings is 1. The number of benzene rings is 1. The molecule has 1 aromatic carbocycles. The lowest BCUT2D eigenvalue weighted by Gasteiger charge is -1.94. The van der Waals surface area contributed by atoms with Gasteiger partial charge in [-0.05, 0) is 6.07 Å². The average molecular weight is 242 g/mol. The third kappa shape index (κ3) is 1.57. The quantitative estimate of drug-likeness (QED) is 0.648. The van der Waals surface area contributed by atoms with Gasteiger partial charge in [0.15, 0.2) is 0 Å². The Morgan fingerprint density at radius 3 is 2.94 bits per heavy atom. The van der Waals surface area contributed by atoms with E-state index in [1.165, 1.54) is 11.3 Å². The molecule has 0 unspecified atom stereocenters. The minimum absolute atomic E-state index is 0.0456. The lowest BCUT2D eigenvalue weighted by molar-refractivity contribution is 0.104. The highest BCUT2D eigenvalue weighted by Crippen LogP contribution is 2.23. The molecule has 84 valence electrons. The van der Waals surface area contributed by atoms with Crippen LogP contribution in [0.25, 0.3) is 10.9 Å². The molecule has 4 heteroatoms. The molecule has 0 saturated carbocycles. The third-order valence-electron chi connectivity index (χ3n) is 2.80. The second-order valence-corrected chi connectivity index (χ2v) is 4.75. The minimum Gasteiger partial charge on any atom is -0.350 e. The molecule has 0 saturated heterocycles. The van der Waals surface area contributed by atoms with Crippen molar-refractivity contribution < 1.29 is 4.79 Å². The number of nitrogens with zero attached hydrogens (tertiary/aromatic N) is 2. The van der Waals surface area contributed by atoms with Crippen LogP contribution in [0.15, 0.2) is 42.2 Å². The van der Waals surface area contributed by atoms with Crippen LogP contribution in [0.3, 0.4) is 0 Å². The second kappa shape index (κ2) is 3.82. The molecular weight excluding hydrogens is 232 g/mol. The molecule has 3 rings (SSSR count). The van der Waals surface area contributed by atoms with Crippen molar-refractivity contribution in [3.05, 3.63) is 52.6 Å². The topological polar surface area (TPSA) is 34.9 Å². The van der Waals surface area contributed by atoms with Gasteiger partial charge >= 0.3 is 0 Å². The molecular formula is C13H10N2OS. The van der Waals surface area contributed by atoms with Crippen LogP contribution in [0.5, 0.6) is 0 Å². The first-order valence-corrected chi connectivity index (χ1v) is 6.12. The van der Waals surface area contributed by atoms with Crippen LogP contribution in [-0.4, -0.2) is 15.3 Å². The smallest absolute Gasteiger partial charge is 0.206 e. The Morgan fingerprint density at radius 2 is 2.18 bits per heavy atom. The SMILES string of the molecule is Cn1cc(C(=O)c2cncs2)c2ccccc21. The molecule has 3 nitrogen and oxygen atoms in total. The Morgan fingerprint density at radius 1 is 1.35 bits per heavy atom. The van der Waals surface area contributed by atoms with Crippen LogP contribution < -0.4 is 0 Å². The van der Waals surface area contributed by atoms with E-state index in [1.807, 2.05) is 42.1 Å². The molecule has 2 heterocycles. The van der Waals surface area contributed by atoms with E-state index in [-0.39, 0.29) is 5.78 Å². The first-order valence-electron chi connectivity index (χ1n) is 5.24. The van der Waals surface area contributed by atoms with Crippen LogP contribution in [0.1, 0.15) is 15.2 Å². The molecule has 3 aromatic rings. The molecule has 0 aliphatic carbocycles. The largest absolute Gasteiger partial charge is 0.350 e. The number of hydrogen-bond acceptors (Lipinski definition) is 3. The number of fused-ring (bicyclic) bond motifs is 1. The van der Waals surface area contributed by atoms with Gasteiger partial charge in [-0.3, -0.25) is 9.78 Å². The fraction of sp³-hybridized carbons (Fsp3) is 0.0769. The molecule has 0 fully saturated rings. The summed E-state index contributed by atoms with van der Waals surface area (Å²) in [5, 5.41) is 0.994. The molecule has 0 atom stereocenters. The predicted molar refractivity (Wildman–Crippen MR) is 68.5 cm³/mol. The van der Waals surface area contributed by atoms with Crippen molar-refractivity contribution in [2.45, 2.75) is 0 Å². The van der Waals surface area contributed by atoms with Crippen molar-refractivity contribution in [3.8, 4) is 0 Å². The van der Waals surface area contributed by atoms with Gasteiger partial charge in [0.25, 0.3) is 0 Å². The fourth-order valence-electron chi connectivity index (χ4n) is 1.98. The van der Waals surface area contributed by atoms with E-state index in [1.54, 1.807) is 11.7 Å². The van der Waals surface area contributed by atoms with Gasteiger partial charge in [-0.25, -0.2) is 0 Å². The number of ketones is 1. The molecule has 0 amide bonds. The standard InChI is InChI=1S/C13H10N2OS/c1-15-7-10(9-4-2-3-5-11(9)15)13(16)12-6-14-8-17-12/h2-8H,1H3. The maximum atomic E-state index is 12.3. The van der Waals surface area contributed by atoms with Gasteiger partial charge in [0, 0.05) is 35.9 Å². The van der Waals surface area contributed by atoms with Gasteiger partial charge in [-0.1, -0.05) is 18.2 Å². The van der Waals surface area contributed by atoms with E-state index in [0.717, 1.165) is 16.5 Å². The van der Waals surface area contributed by atoms with Crippen molar-refractivity contribution >= 4 is 28.0 Å². The van der Waals surface area contributed by atoms with E-state index in [2.05, 4.69) is 4.98 Å². The highest BCUT2D eigenvalue weighted by atomic mass is 32.1. The molecule has 0 spiro atoms. The zero-order chi connectivity index (χ0) is 11.8. The van der Waals surface area contributed by atoms with E-state index >= 15 is 0 Å². The summed E-state index contributed by atoms with van der Waals surface area (Å²) >= 11 is 1.37. The number of hydrogen-bond donors (Lipinski definition) is 0. The van der Waals surface area contributed by atoms with E-state index < -0.39 is 0 Å². The van der Waals surface area contributed by atoms with Gasteiger partial charge in [0.1, 0.15) is 0 Å². The average Bonchev–Trinajstić information content (AvgIpc) is 2.97. The zero-order valence-corrected chi connectivity index (χ0v) is 10.1. The Hall–Kier alpha value is -1.94. The van der Waals surface area contributed by atoms with Gasteiger partial charge in [0.05, 0.1) is 10.4 Å². The molecule has 0 N–H and O–H groups in total. The monoisotopic (exact) mass is 242 g/mol. The Labute approximate surface area is 102 Å². The van der Waals surface area contributed by atoms with Crippen LogP contribution in [0.4, 0.5) is 0 Å². The molecule has 2 aromatic heterocycles. The van der Waals surface area contributed by atoms with Crippen molar-refractivity contribution in [2.75, 3.05) is 0 Å². The number of carbonyl (C=O) groups is 1. The summed E-state index contributed by atoms with van der Waals surface area (Å²) in [5.74, 6) is 0.0456. The summed E-state index contributed by atoms with van der Waals surface area (Å²) in [5.41, 5.74) is 3.49. The zero-order valence-electron chi connectivity index (χ0n) is 9.25. The molecule has 0 aliphatic rings. The first-order chi connectivity index (χ1) is 8.27. The number of para-hydroxylation sites is 1. The van der Waals surface area contributed by atoms with Gasteiger partial charge in [0.2, 0.25) is 5.78 Å². The lowest BCUT2D eigenvalue weighted by Crippen LogP contribution is -1.97. The highest BCUT2D eigenvalue weighted by Gasteiger charge is 2.16. The molecule has 0 radical (unpaired) electrons. The molecule has 17 heavy (non-hydrogen) atoms. The summed E-state index contributed by atoms with van der Waals surface area (Å²) in [4.78, 5) is 16.9. The summed E-state index contributed by atoms with van der Waals surface area (Å²) in [6.45, 7) is 0. The molecule has 0 aliphatic heterocycles. The Balaban J connectivity index is 2.22. The Bertz CT molecular complexity index is 683. The maximum absolute atomic E-state index is 12.3. The van der Waals surface area contributed by atoms with Crippen molar-refractivity contribution in [1.29, 1.82) is 0 Å². The third-order valence-corrected chi connectivity index (χ3v) is 3.57. The number of rotatable bonds is 2. The summed E-state index contributed by atoms with van der Waals surface area (Å²) in [6.07, 6.45) is 3.50. The lowest BCUT2D eigenvalue weighted by atomic mass is 10.1. The van der Waals surface area contributed by atoms with Crippen LogP contribution in [-0.2, 0) is 7.05 Å². The summed E-state index contributed by atoms with van der Waals surface area (Å²) in [7, 11) is 1.95. The Kier molecular flexibility index (Phi) is 2.30. The minimum atomic E-state index is 0.0456. The van der Waals surface area contributed by atoms with Crippen molar-refractivity contribution in [1.82, 2.24) is 9.55 Å². The van der Waals surface area contributed by atoms with E-state index in [9.17, 15) is 4.79 Å². The summed E-state index contributed by atoms with van der Waals surface area (Å²) < 4.78 is 1.98. The number of aryl methyl sites for hydroxylation is 1. The second-order valence-electron chi connectivity index (χ2n) is 3.87. The van der Waals surface area contributed by atoms with E-state index in [0.29, 0.717) is 4.88 Å². The van der Waals surface area contributed by atoms with Crippen LogP contribution >= 0.6 is 11.3 Å². The number of carbonyl (C=O) groups excluding carboxylic acids is 1. The summed E-state index contributed by atoms with van der Waals surface area (Å²) in [6, 6.07) is 7.91. The number of aromatic nitrogens is 2. The van der Waals surface area contributed by atoms with Crippen LogP contribution in [0, 0.1) is 0 Å². The van der Waals surface area contributed by atoms with Gasteiger partial charge < -0.3 is 4.57 Å².